The van der Waals surface area contributed by atoms with Crippen molar-refractivity contribution in [2.24, 2.45) is 0 Å². The number of Topliss-reactive ketones (excluding diaryl/α,β-unsaturated/α-hetero) is 1. The van der Waals surface area contributed by atoms with Gasteiger partial charge in [-0.2, -0.15) is 0 Å². The Kier molecular flexibility index (Phi) is 3.78. The zero-order valence-corrected chi connectivity index (χ0v) is 9.27. The molecule has 0 spiro atoms. The summed E-state index contributed by atoms with van der Waals surface area (Å²) in [6.45, 7) is 1.44. The van der Waals surface area contributed by atoms with Gasteiger partial charge in [-0.05, 0) is 18.6 Å². The summed E-state index contributed by atoms with van der Waals surface area (Å²) in [6, 6.07) is 5.30. The van der Waals surface area contributed by atoms with Gasteiger partial charge in [-0.15, -0.1) is 23.2 Å². The molecule has 0 radical (unpaired) electrons. The second-order valence-electron chi connectivity index (χ2n) is 3.07. The number of nitrogens with two attached hydrogens (primary N) is 1. The number of anilines is 1. The lowest BCUT2D eigenvalue weighted by Crippen LogP contribution is -2.05. The van der Waals surface area contributed by atoms with E-state index in [1.807, 2.05) is 6.07 Å². The number of carbonyl (C=O) groups excluding carboxylic acids is 1. The third-order valence-corrected chi connectivity index (χ3v) is 2.79. The first-order valence-corrected chi connectivity index (χ1v) is 5.12. The van der Waals surface area contributed by atoms with Crippen LogP contribution in [0.5, 0.6) is 0 Å². The number of ketones is 1. The third-order valence-electron chi connectivity index (χ3n) is 1.94. The Hall–Kier alpha value is -0.730. The van der Waals surface area contributed by atoms with E-state index in [2.05, 4.69) is 0 Å². The highest BCUT2D eigenvalue weighted by Gasteiger charge is 2.15. The number of halogens is 2. The minimum atomic E-state index is -0.667. The van der Waals surface area contributed by atoms with E-state index in [1.165, 1.54) is 6.92 Å². The van der Waals surface area contributed by atoms with Crippen LogP contribution in [-0.2, 0) is 10.7 Å². The summed E-state index contributed by atoms with van der Waals surface area (Å²) >= 11 is 11.5. The Balaban J connectivity index is 3.05. The first-order chi connectivity index (χ1) is 6.56. The van der Waals surface area contributed by atoms with E-state index in [0.29, 0.717) is 17.1 Å². The van der Waals surface area contributed by atoms with Crippen molar-refractivity contribution in [3.8, 4) is 0 Å². The van der Waals surface area contributed by atoms with Gasteiger partial charge in [-0.1, -0.05) is 12.1 Å². The predicted octanol–water partition coefficient (Wildman–Crippen LogP) is 2.88. The molecule has 1 aromatic carbocycles. The lowest BCUT2D eigenvalue weighted by Gasteiger charge is -2.10. The zero-order chi connectivity index (χ0) is 10.7. The van der Waals surface area contributed by atoms with Gasteiger partial charge in [0.15, 0.2) is 5.78 Å². The van der Waals surface area contributed by atoms with Gasteiger partial charge >= 0.3 is 0 Å². The van der Waals surface area contributed by atoms with E-state index in [1.54, 1.807) is 12.1 Å². The van der Waals surface area contributed by atoms with Crippen molar-refractivity contribution in [1.29, 1.82) is 0 Å². The summed E-state index contributed by atoms with van der Waals surface area (Å²) in [4.78, 5) is 11.0. The molecule has 2 N–H and O–H groups in total. The van der Waals surface area contributed by atoms with Crippen molar-refractivity contribution in [2.45, 2.75) is 18.2 Å². The predicted molar refractivity (Wildman–Crippen MR) is 59.7 cm³/mol. The number of benzene rings is 1. The molecule has 0 amide bonds. The molecule has 4 heteroatoms. The Morgan fingerprint density at radius 3 is 2.64 bits per heavy atom. The van der Waals surface area contributed by atoms with Crippen LogP contribution < -0.4 is 5.73 Å². The molecule has 0 heterocycles. The molecule has 1 atom stereocenters. The van der Waals surface area contributed by atoms with Gasteiger partial charge in [-0.25, -0.2) is 0 Å². The Labute approximate surface area is 93.0 Å². The molecule has 0 saturated heterocycles. The number of hydrogen-bond donors (Lipinski definition) is 1. The highest BCUT2D eigenvalue weighted by Crippen LogP contribution is 2.27. The molecule has 0 aromatic heterocycles. The Morgan fingerprint density at radius 2 is 2.21 bits per heavy atom. The zero-order valence-electron chi connectivity index (χ0n) is 7.76. The van der Waals surface area contributed by atoms with Gasteiger partial charge < -0.3 is 5.73 Å². The van der Waals surface area contributed by atoms with Crippen LogP contribution in [0.3, 0.4) is 0 Å². The lowest BCUT2D eigenvalue weighted by molar-refractivity contribution is -0.116. The first-order valence-electron chi connectivity index (χ1n) is 4.15. The van der Waals surface area contributed by atoms with E-state index in [9.17, 15) is 4.79 Å². The summed E-state index contributed by atoms with van der Waals surface area (Å²) < 4.78 is 0. The maximum absolute atomic E-state index is 11.0. The summed E-state index contributed by atoms with van der Waals surface area (Å²) in [5.74, 6) is 0.286. The van der Waals surface area contributed by atoms with E-state index in [4.69, 9.17) is 28.9 Å². The van der Waals surface area contributed by atoms with E-state index >= 15 is 0 Å². The van der Waals surface area contributed by atoms with Crippen LogP contribution in [0.2, 0.25) is 0 Å². The van der Waals surface area contributed by atoms with Gasteiger partial charge in [0, 0.05) is 17.1 Å². The number of nitrogen functional groups attached to an aromatic ring is 1. The van der Waals surface area contributed by atoms with Crippen molar-refractivity contribution in [3.63, 3.8) is 0 Å². The lowest BCUT2D eigenvalue weighted by atomic mass is 10.0. The maximum Gasteiger partial charge on any atom is 0.152 e. The highest BCUT2D eigenvalue weighted by atomic mass is 35.5. The quantitative estimate of drug-likeness (QED) is 0.643. The molecule has 1 aromatic rings. The van der Waals surface area contributed by atoms with Crippen LogP contribution in [0.4, 0.5) is 5.69 Å². The fraction of sp³-hybridized carbons (Fsp3) is 0.300. The molecular formula is C10H11Cl2NO. The fourth-order valence-corrected chi connectivity index (χ4v) is 1.52. The smallest absolute Gasteiger partial charge is 0.152 e. The molecule has 0 saturated carbocycles. The van der Waals surface area contributed by atoms with Crippen LogP contribution in [0, 0.1) is 0 Å². The fourth-order valence-electron chi connectivity index (χ4n) is 1.16. The topological polar surface area (TPSA) is 43.1 Å². The van der Waals surface area contributed by atoms with Crippen molar-refractivity contribution in [3.05, 3.63) is 29.3 Å². The van der Waals surface area contributed by atoms with E-state index in [-0.39, 0.29) is 5.78 Å². The average molecular weight is 232 g/mol. The normalized spacial score (nSPS) is 12.5. The van der Waals surface area contributed by atoms with Crippen molar-refractivity contribution < 1.29 is 4.79 Å². The van der Waals surface area contributed by atoms with E-state index in [0.717, 1.165) is 5.56 Å². The Bertz CT molecular complexity index is 352. The van der Waals surface area contributed by atoms with Gasteiger partial charge in [0.1, 0.15) is 5.38 Å². The number of alkyl halides is 2. The van der Waals surface area contributed by atoms with E-state index < -0.39 is 5.38 Å². The molecule has 76 valence electrons. The Morgan fingerprint density at radius 1 is 1.57 bits per heavy atom. The largest absolute Gasteiger partial charge is 0.398 e. The molecule has 2 nitrogen and oxygen atoms in total. The van der Waals surface area contributed by atoms with Crippen molar-refractivity contribution in [1.82, 2.24) is 0 Å². The number of hydrogen-bond acceptors (Lipinski definition) is 2. The summed E-state index contributed by atoms with van der Waals surface area (Å²) in [5, 5.41) is -0.667. The maximum atomic E-state index is 11.0. The molecule has 1 rings (SSSR count). The van der Waals surface area contributed by atoms with Crippen LogP contribution in [-0.4, -0.2) is 5.78 Å². The van der Waals surface area contributed by atoms with Crippen LogP contribution in [0.1, 0.15) is 23.4 Å². The number of carbonyl (C=O) groups is 1. The summed E-state index contributed by atoms with van der Waals surface area (Å²) in [5.41, 5.74) is 7.82. The van der Waals surface area contributed by atoms with Crippen molar-refractivity contribution in [2.75, 3.05) is 5.73 Å². The second kappa shape index (κ2) is 4.67. The van der Waals surface area contributed by atoms with Crippen LogP contribution in [0.25, 0.3) is 0 Å². The SMILES string of the molecule is CC(=O)C(Cl)c1ccc(CCl)cc1N. The minimum Gasteiger partial charge on any atom is -0.398 e. The van der Waals surface area contributed by atoms with Gasteiger partial charge in [0.2, 0.25) is 0 Å². The number of rotatable bonds is 3. The molecule has 0 aliphatic heterocycles. The minimum absolute atomic E-state index is 0.114. The standard InChI is InChI=1S/C10H11Cl2NO/c1-6(14)10(12)8-3-2-7(5-11)4-9(8)13/h2-4,10H,5,13H2,1H3. The van der Waals surface area contributed by atoms with Gasteiger partial charge in [0.05, 0.1) is 0 Å². The van der Waals surface area contributed by atoms with Crippen LogP contribution >= 0.6 is 23.2 Å². The van der Waals surface area contributed by atoms with Gasteiger partial charge in [0.25, 0.3) is 0 Å². The summed E-state index contributed by atoms with van der Waals surface area (Å²) in [6.07, 6.45) is 0. The second-order valence-corrected chi connectivity index (χ2v) is 3.77. The molecule has 0 aliphatic rings. The van der Waals surface area contributed by atoms with Crippen LogP contribution in [0.15, 0.2) is 18.2 Å². The molecular weight excluding hydrogens is 221 g/mol. The van der Waals surface area contributed by atoms with Crippen molar-refractivity contribution >= 4 is 34.7 Å². The molecule has 0 bridgehead atoms. The monoisotopic (exact) mass is 231 g/mol. The first kappa shape index (κ1) is 11.3. The third kappa shape index (κ3) is 2.40. The summed E-state index contributed by atoms with van der Waals surface area (Å²) in [7, 11) is 0. The molecule has 14 heavy (non-hydrogen) atoms. The molecule has 1 unspecified atom stereocenters. The van der Waals surface area contributed by atoms with Gasteiger partial charge in [-0.3, -0.25) is 4.79 Å². The molecule has 0 fully saturated rings. The molecule has 0 aliphatic carbocycles. The average Bonchev–Trinajstić information content (AvgIpc) is 2.16. The highest BCUT2D eigenvalue weighted by molar-refractivity contribution is 6.31.